The highest BCUT2D eigenvalue weighted by Crippen LogP contribution is 2.15. The van der Waals surface area contributed by atoms with Gasteiger partial charge in [-0.25, -0.2) is 9.97 Å². The van der Waals surface area contributed by atoms with Crippen LogP contribution in [0.25, 0.3) is 0 Å². The zero-order valence-electron chi connectivity index (χ0n) is 9.27. The van der Waals surface area contributed by atoms with Crippen LogP contribution in [0.2, 0.25) is 0 Å². The first-order valence-corrected chi connectivity index (χ1v) is 5.22. The molecule has 0 amide bonds. The summed E-state index contributed by atoms with van der Waals surface area (Å²) in [5.74, 6) is 1.98. The fraction of sp³-hybridized carbons (Fsp3) is 0.600. The molecular formula is C10H17N5. The molecule has 0 unspecified atom stereocenters. The maximum Gasteiger partial charge on any atom is 0.134 e. The summed E-state index contributed by atoms with van der Waals surface area (Å²) >= 11 is 0. The minimum absolute atomic E-state index is 0.957. The van der Waals surface area contributed by atoms with Gasteiger partial charge in [0.05, 0.1) is 0 Å². The van der Waals surface area contributed by atoms with Gasteiger partial charge in [0.15, 0.2) is 0 Å². The van der Waals surface area contributed by atoms with E-state index in [1.54, 1.807) is 6.33 Å². The van der Waals surface area contributed by atoms with E-state index >= 15 is 0 Å². The van der Waals surface area contributed by atoms with E-state index in [1.165, 1.54) is 0 Å². The first-order valence-electron chi connectivity index (χ1n) is 5.22. The van der Waals surface area contributed by atoms with Crippen molar-refractivity contribution in [3.63, 3.8) is 0 Å². The van der Waals surface area contributed by atoms with Gasteiger partial charge in [0.25, 0.3) is 0 Å². The van der Waals surface area contributed by atoms with Gasteiger partial charge in [-0.3, -0.25) is 0 Å². The van der Waals surface area contributed by atoms with Crippen LogP contribution < -0.4 is 15.1 Å². The van der Waals surface area contributed by atoms with Crippen LogP contribution in [0.15, 0.2) is 12.4 Å². The average molecular weight is 207 g/mol. The van der Waals surface area contributed by atoms with E-state index in [1.807, 2.05) is 25.1 Å². The molecule has 0 atom stereocenters. The molecule has 0 radical (unpaired) electrons. The van der Waals surface area contributed by atoms with E-state index in [-0.39, 0.29) is 0 Å². The lowest BCUT2D eigenvalue weighted by Gasteiger charge is -2.28. The second-order valence-electron chi connectivity index (χ2n) is 3.87. The second-order valence-corrected chi connectivity index (χ2v) is 3.87. The summed E-state index contributed by atoms with van der Waals surface area (Å²) in [6, 6.07) is 2.03. The highest BCUT2D eigenvalue weighted by molar-refractivity contribution is 5.49. The molecule has 0 saturated carbocycles. The molecule has 1 N–H and O–H groups in total. The van der Waals surface area contributed by atoms with Gasteiger partial charge < -0.3 is 15.1 Å². The zero-order chi connectivity index (χ0) is 10.7. The van der Waals surface area contributed by atoms with Gasteiger partial charge in [0, 0.05) is 46.3 Å². The molecule has 1 saturated heterocycles. The van der Waals surface area contributed by atoms with Crippen molar-refractivity contribution in [3.05, 3.63) is 12.4 Å². The molecule has 5 heteroatoms. The summed E-state index contributed by atoms with van der Waals surface area (Å²) in [7, 11) is 3.98. The third-order valence-electron chi connectivity index (χ3n) is 2.54. The molecule has 82 valence electrons. The summed E-state index contributed by atoms with van der Waals surface area (Å²) in [6.45, 7) is 4.09. The summed E-state index contributed by atoms with van der Waals surface area (Å²) in [4.78, 5) is 12.8. The highest BCUT2D eigenvalue weighted by atomic mass is 15.2. The van der Waals surface area contributed by atoms with Gasteiger partial charge in [-0.05, 0) is 0 Å². The molecule has 15 heavy (non-hydrogen) atoms. The molecule has 2 rings (SSSR count). The fourth-order valence-electron chi connectivity index (χ4n) is 1.65. The zero-order valence-corrected chi connectivity index (χ0v) is 9.27. The summed E-state index contributed by atoms with van der Waals surface area (Å²) in [6.07, 6.45) is 1.63. The van der Waals surface area contributed by atoms with Gasteiger partial charge in [-0.2, -0.15) is 0 Å². The van der Waals surface area contributed by atoms with Crippen LogP contribution in [0.3, 0.4) is 0 Å². The molecule has 1 aromatic heterocycles. The first kappa shape index (κ1) is 10.2. The Hall–Kier alpha value is -1.36. The Kier molecular flexibility index (Phi) is 3.01. The van der Waals surface area contributed by atoms with Crippen LogP contribution in [-0.2, 0) is 0 Å². The van der Waals surface area contributed by atoms with Crippen molar-refractivity contribution in [2.24, 2.45) is 0 Å². The van der Waals surface area contributed by atoms with Crippen LogP contribution in [-0.4, -0.2) is 50.2 Å². The summed E-state index contributed by atoms with van der Waals surface area (Å²) in [5, 5.41) is 3.33. The molecule has 1 aromatic rings. The molecule has 5 nitrogen and oxygen atoms in total. The summed E-state index contributed by atoms with van der Waals surface area (Å²) < 4.78 is 0. The second kappa shape index (κ2) is 4.44. The maximum atomic E-state index is 4.31. The lowest BCUT2D eigenvalue weighted by atomic mass is 10.3. The van der Waals surface area contributed by atoms with E-state index in [0.717, 1.165) is 37.8 Å². The summed E-state index contributed by atoms with van der Waals surface area (Å²) in [5.41, 5.74) is 0. The smallest absolute Gasteiger partial charge is 0.134 e. The molecule has 0 aliphatic carbocycles. The Balaban J connectivity index is 2.16. The maximum absolute atomic E-state index is 4.31. The molecule has 0 spiro atoms. The number of anilines is 2. The largest absolute Gasteiger partial charge is 0.363 e. The molecule has 0 aromatic carbocycles. The van der Waals surface area contributed by atoms with E-state index < -0.39 is 0 Å². The van der Waals surface area contributed by atoms with E-state index in [2.05, 4.69) is 20.2 Å². The van der Waals surface area contributed by atoms with Crippen molar-refractivity contribution in [1.29, 1.82) is 0 Å². The normalized spacial score (nSPS) is 16.5. The third kappa shape index (κ3) is 2.36. The van der Waals surface area contributed by atoms with E-state index in [4.69, 9.17) is 0 Å². The van der Waals surface area contributed by atoms with Crippen LogP contribution in [0.1, 0.15) is 0 Å². The van der Waals surface area contributed by atoms with Crippen molar-refractivity contribution >= 4 is 11.6 Å². The van der Waals surface area contributed by atoms with Gasteiger partial charge in [0.1, 0.15) is 18.0 Å². The van der Waals surface area contributed by atoms with Crippen LogP contribution in [0, 0.1) is 0 Å². The quantitative estimate of drug-likeness (QED) is 0.737. The number of nitrogens with one attached hydrogen (secondary N) is 1. The number of hydrogen-bond acceptors (Lipinski definition) is 5. The van der Waals surface area contributed by atoms with E-state index in [0.29, 0.717) is 0 Å². The topological polar surface area (TPSA) is 44.3 Å². The Morgan fingerprint density at radius 2 is 2.00 bits per heavy atom. The van der Waals surface area contributed by atoms with Gasteiger partial charge >= 0.3 is 0 Å². The van der Waals surface area contributed by atoms with Crippen molar-refractivity contribution in [2.75, 3.05) is 50.1 Å². The lowest BCUT2D eigenvalue weighted by Crippen LogP contribution is -2.43. The molecule has 0 bridgehead atoms. The average Bonchev–Trinajstić information content (AvgIpc) is 2.30. The van der Waals surface area contributed by atoms with Gasteiger partial charge in [-0.1, -0.05) is 0 Å². The van der Waals surface area contributed by atoms with Gasteiger partial charge in [0.2, 0.25) is 0 Å². The molecule has 1 aliphatic heterocycles. The minimum atomic E-state index is 0.957. The monoisotopic (exact) mass is 207 g/mol. The lowest BCUT2D eigenvalue weighted by molar-refractivity contribution is 0.584. The number of rotatable bonds is 2. The molecule has 1 fully saturated rings. The van der Waals surface area contributed by atoms with E-state index in [9.17, 15) is 0 Å². The number of aromatic nitrogens is 2. The Morgan fingerprint density at radius 1 is 1.27 bits per heavy atom. The number of piperazine rings is 1. The highest BCUT2D eigenvalue weighted by Gasteiger charge is 2.12. The van der Waals surface area contributed by atoms with Crippen LogP contribution in [0.5, 0.6) is 0 Å². The predicted octanol–water partition coefficient (Wildman–Crippen LogP) is -0.0478. The van der Waals surface area contributed by atoms with Crippen molar-refractivity contribution < 1.29 is 0 Å². The number of hydrogen-bond donors (Lipinski definition) is 1. The van der Waals surface area contributed by atoms with Crippen molar-refractivity contribution in [3.8, 4) is 0 Å². The standard InChI is InChI=1S/C10H17N5/c1-14(2)9-7-10(13-8-12-9)15-5-3-11-4-6-15/h7-8,11H,3-6H2,1-2H3. The van der Waals surface area contributed by atoms with Crippen LogP contribution >= 0.6 is 0 Å². The SMILES string of the molecule is CN(C)c1cc(N2CCNCC2)ncn1. The van der Waals surface area contributed by atoms with Crippen molar-refractivity contribution in [1.82, 2.24) is 15.3 Å². The number of nitrogens with zero attached hydrogens (tertiary/aromatic N) is 4. The predicted molar refractivity (Wildman–Crippen MR) is 61.4 cm³/mol. The van der Waals surface area contributed by atoms with Crippen molar-refractivity contribution in [2.45, 2.75) is 0 Å². The fourth-order valence-corrected chi connectivity index (χ4v) is 1.65. The third-order valence-corrected chi connectivity index (χ3v) is 2.54. The Morgan fingerprint density at radius 3 is 2.67 bits per heavy atom. The Bertz CT molecular complexity index is 319. The van der Waals surface area contributed by atoms with Gasteiger partial charge in [-0.15, -0.1) is 0 Å². The van der Waals surface area contributed by atoms with Crippen LogP contribution in [0.4, 0.5) is 11.6 Å². The first-order chi connectivity index (χ1) is 7.27. The molecule has 2 heterocycles. The molecule has 1 aliphatic rings. The Labute approximate surface area is 90.1 Å². The minimum Gasteiger partial charge on any atom is -0.363 e. The molecular weight excluding hydrogens is 190 g/mol.